The highest BCUT2D eigenvalue weighted by Gasteiger charge is 2.48. The highest BCUT2D eigenvalue weighted by atomic mass is 19.1. The van der Waals surface area contributed by atoms with Crippen molar-refractivity contribution in [2.75, 3.05) is 20.6 Å². The fourth-order valence-corrected chi connectivity index (χ4v) is 2.61. The molecular weight excluding hydrogens is 263 g/mol. The van der Waals surface area contributed by atoms with Crippen LogP contribution < -0.4 is 0 Å². The Morgan fingerprint density at radius 3 is 2.70 bits per heavy atom. The van der Waals surface area contributed by atoms with E-state index >= 15 is 0 Å². The average Bonchev–Trinajstić information content (AvgIpc) is 2.77. The van der Waals surface area contributed by atoms with Crippen molar-refractivity contribution in [1.82, 2.24) is 14.7 Å². The highest BCUT2D eigenvalue weighted by Crippen LogP contribution is 2.24. The van der Waals surface area contributed by atoms with Crippen molar-refractivity contribution in [1.29, 1.82) is 0 Å². The molecular formula is C13H21FN4O2. The number of amides is 3. The largest absolute Gasteiger partial charge is 0.351 e. The van der Waals surface area contributed by atoms with Crippen molar-refractivity contribution in [2.45, 2.75) is 44.6 Å². The maximum absolute atomic E-state index is 12.7. The van der Waals surface area contributed by atoms with Crippen LogP contribution in [-0.2, 0) is 4.79 Å². The molecule has 0 aliphatic carbocycles. The van der Waals surface area contributed by atoms with Gasteiger partial charge in [0, 0.05) is 20.6 Å². The summed E-state index contributed by atoms with van der Waals surface area (Å²) >= 11 is 0. The summed E-state index contributed by atoms with van der Waals surface area (Å²) in [6, 6.07) is -0.755. The topological polar surface area (TPSA) is 56.2 Å². The van der Waals surface area contributed by atoms with Crippen molar-refractivity contribution >= 4 is 18.3 Å². The third-order valence-corrected chi connectivity index (χ3v) is 3.80. The zero-order valence-electron chi connectivity index (χ0n) is 12.1. The third kappa shape index (κ3) is 2.62. The van der Waals surface area contributed by atoms with Gasteiger partial charge >= 0.3 is 6.03 Å². The summed E-state index contributed by atoms with van der Waals surface area (Å²) in [7, 11) is 3.43. The molecule has 0 saturated carbocycles. The number of carbonyl (C=O) groups is 2. The number of unbranched alkanes of at least 4 members (excludes halogenated alkanes) is 1. The average molecular weight is 284 g/mol. The minimum absolute atomic E-state index is 0.216. The molecule has 0 aromatic carbocycles. The van der Waals surface area contributed by atoms with E-state index in [2.05, 4.69) is 4.99 Å². The summed E-state index contributed by atoms with van der Waals surface area (Å²) in [6.45, 7) is 1.85. The first kappa shape index (κ1) is 14.7. The Morgan fingerprint density at radius 2 is 2.05 bits per heavy atom. The van der Waals surface area contributed by atoms with Gasteiger partial charge < -0.3 is 9.80 Å². The van der Waals surface area contributed by atoms with Gasteiger partial charge in [0.25, 0.3) is 5.91 Å². The number of hydrogen-bond acceptors (Lipinski definition) is 4. The Balaban J connectivity index is 1.98. The van der Waals surface area contributed by atoms with Crippen LogP contribution in [-0.4, -0.2) is 72.0 Å². The van der Waals surface area contributed by atoms with Crippen molar-refractivity contribution in [3.63, 3.8) is 0 Å². The molecule has 2 heterocycles. The van der Waals surface area contributed by atoms with Crippen LogP contribution in [0.1, 0.15) is 26.2 Å². The van der Waals surface area contributed by atoms with Crippen molar-refractivity contribution in [3.05, 3.63) is 0 Å². The van der Waals surface area contributed by atoms with E-state index in [9.17, 15) is 14.0 Å². The number of likely N-dealkylation sites (N-methyl/N-ethyl adjacent to an activating group) is 2. The Hall–Kier alpha value is -1.66. The number of imide groups is 1. The van der Waals surface area contributed by atoms with E-state index in [1.807, 2.05) is 0 Å². The van der Waals surface area contributed by atoms with E-state index in [4.69, 9.17) is 0 Å². The maximum atomic E-state index is 12.7. The number of fused-ring (bicyclic) bond motifs is 1. The van der Waals surface area contributed by atoms with Crippen molar-refractivity contribution < 1.29 is 14.0 Å². The predicted molar refractivity (Wildman–Crippen MR) is 73.1 cm³/mol. The molecule has 0 aromatic heterocycles. The fraction of sp³-hybridized carbons (Fsp3) is 0.769. The monoisotopic (exact) mass is 284 g/mol. The molecule has 0 bridgehead atoms. The van der Waals surface area contributed by atoms with Crippen LogP contribution in [0.3, 0.4) is 0 Å². The number of aliphatic imine (C=N–C) groups is 1. The van der Waals surface area contributed by atoms with E-state index in [-0.39, 0.29) is 11.9 Å². The van der Waals surface area contributed by atoms with Gasteiger partial charge in [0.05, 0.1) is 12.5 Å². The minimum atomic E-state index is -0.843. The fourth-order valence-electron chi connectivity index (χ4n) is 2.61. The lowest BCUT2D eigenvalue weighted by atomic mass is 10.1. The van der Waals surface area contributed by atoms with Crippen molar-refractivity contribution in [2.24, 2.45) is 4.99 Å². The summed E-state index contributed by atoms with van der Waals surface area (Å²) in [6.07, 6.45) is 2.07. The van der Waals surface area contributed by atoms with Gasteiger partial charge in [-0.25, -0.2) is 14.2 Å². The number of nitrogens with zero attached hydrogens (tertiary/aromatic N) is 4. The molecule has 0 spiro atoms. The molecule has 2 aliphatic heterocycles. The molecule has 3 unspecified atom stereocenters. The molecule has 0 aromatic rings. The molecule has 112 valence electrons. The van der Waals surface area contributed by atoms with Gasteiger partial charge in [-0.2, -0.15) is 0 Å². The molecule has 3 atom stereocenters. The van der Waals surface area contributed by atoms with Gasteiger partial charge in [-0.1, -0.05) is 0 Å². The molecule has 1 fully saturated rings. The second-order valence-electron chi connectivity index (χ2n) is 5.45. The maximum Gasteiger partial charge on any atom is 0.328 e. The second-order valence-corrected chi connectivity index (χ2v) is 5.45. The van der Waals surface area contributed by atoms with Gasteiger partial charge in [-0.05, 0) is 26.2 Å². The summed E-state index contributed by atoms with van der Waals surface area (Å²) < 4.78 is 12.7. The van der Waals surface area contributed by atoms with Crippen LogP contribution in [0, 0.1) is 0 Å². The van der Waals surface area contributed by atoms with Crippen LogP contribution in [0.4, 0.5) is 9.18 Å². The van der Waals surface area contributed by atoms with Gasteiger partial charge in [0.15, 0.2) is 12.2 Å². The van der Waals surface area contributed by atoms with E-state index < -0.39 is 18.4 Å². The van der Waals surface area contributed by atoms with Crippen LogP contribution >= 0.6 is 0 Å². The highest BCUT2D eigenvalue weighted by molar-refractivity contribution is 6.01. The zero-order chi connectivity index (χ0) is 14.9. The van der Waals surface area contributed by atoms with E-state index in [1.165, 1.54) is 16.7 Å². The Labute approximate surface area is 118 Å². The number of halogens is 1. The number of hydrogen-bond donors (Lipinski definition) is 0. The lowest BCUT2D eigenvalue weighted by molar-refractivity contribution is -0.137. The molecule has 0 N–H and O–H groups in total. The molecule has 3 amide bonds. The Kier molecular flexibility index (Phi) is 4.25. The SMILES string of the molecule is CC(F)CCCCN1C(=O)C2C(N=CN2C)N(C)C1=O. The van der Waals surface area contributed by atoms with Gasteiger partial charge in [0.1, 0.15) is 0 Å². The molecule has 0 radical (unpaired) electrons. The van der Waals surface area contributed by atoms with E-state index in [1.54, 1.807) is 25.3 Å². The second kappa shape index (κ2) is 5.76. The number of rotatable bonds is 5. The van der Waals surface area contributed by atoms with E-state index in [0.29, 0.717) is 25.8 Å². The summed E-state index contributed by atoms with van der Waals surface area (Å²) in [4.78, 5) is 33.2. The lowest BCUT2D eigenvalue weighted by Gasteiger charge is -2.40. The molecule has 2 aliphatic rings. The summed E-state index contributed by atoms with van der Waals surface area (Å²) in [5, 5.41) is 0. The Bertz CT molecular complexity index is 427. The number of alkyl halides is 1. The zero-order valence-corrected chi connectivity index (χ0v) is 12.1. The summed E-state index contributed by atoms with van der Waals surface area (Å²) in [5.41, 5.74) is 0. The standard InChI is InChI=1S/C13H21FN4O2/c1-9(14)6-4-5-7-18-12(19)10-11(15-8-16(10)2)17(3)13(18)20/h8-11H,4-7H2,1-3H3. The lowest BCUT2D eigenvalue weighted by Crippen LogP contribution is -2.64. The first-order chi connectivity index (χ1) is 9.43. The molecule has 7 heteroatoms. The van der Waals surface area contributed by atoms with Crippen LogP contribution in [0.25, 0.3) is 0 Å². The third-order valence-electron chi connectivity index (χ3n) is 3.80. The van der Waals surface area contributed by atoms with Gasteiger partial charge in [-0.15, -0.1) is 0 Å². The van der Waals surface area contributed by atoms with Crippen LogP contribution in [0.15, 0.2) is 4.99 Å². The Morgan fingerprint density at radius 1 is 1.35 bits per heavy atom. The minimum Gasteiger partial charge on any atom is -0.351 e. The quantitative estimate of drug-likeness (QED) is 0.710. The first-order valence-electron chi connectivity index (χ1n) is 6.91. The van der Waals surface area contributed by atoms with Gasteiger partial charge in [-0.3, -0.25) is 9.69 Å². The molecule has 1 saturated heterocycles. The van der Waals surface area contributed by atoms with Crippen LogP contribution in [0.5, 0.6) is 0 Å². The van der Waals surface area contributed by atoms with E-state index in [0.717, 1.165) is 0 Å². The van der Waals surface area contributed by atoms with Crippen LogP contribution in [0.2, 0.25) is 0 Å². The molecule has 20 heavy (non-hydrogen) atoms. The first-order valence-corrected chi connectivity index (χ1v) is 6.91. The normalized spacial score (nSPS) is 27.3. The van der Waals surface area contributed by atoms with Crippen molar-refractivity contribution in [3.8, 4) is 0 Å². The molecule has 2 rings (SSSR count). The smallest absolute Gasteiger partial charge is 0.328 e. The number of urea groups is 1. The molecule has 6 nitrogen and oxygen atoms in total. The summed E-state index contributed by atoms with van der Waals surface area (Å²) in [5.74, 6) is -0.216. The van der Waals surface area contributed by atoms with Gasteiger partial charge in [0.2, 0.25) is 0 Å². The predicted octanol–water partition coefficient (Wildman–Crippen LogP) is 1.08. The number of carbonyl (C=O) groups excluding carboxylic acids is 2.